The van der Waals surface area contributed by atoms with Crippen LogP contribution in [0.1, 0.15) is 41.7 Å². The third-order valence-electron chi connectivity index (χ3n) is 3.94. The lowest BCUT2D eigenvalue weighted by molar-refractivity contribution is -0.121. The van der Waals surface area contributed by atoms with Gasteiger partial charge in [0.2, 0.25) is 5.91 Å². The molecule has 1 aliphatic rings. The normalized spacial score (nSPS) is 14.5. The molecule has 1 aromatic heterocycles. The Morgan fingerprint density at radius 2 is 1.92 bits per heavy atom. The van der Waals surface area contributed by atoms with Gasteiger partial charge < -0.3 is 5.32 Å². The van der Waals surface area contributed by atoms with Gasteiger partial charge in [0.15, 0.2) is 5.13 Å². The van der Waals surface area contributed by atoms with Gasteiger partial charge in [0.05, 0.1) is 12.1 Å². The molecular formula is C17H18FN3O2S. The van der Waals surface area contributed by atoms with E-state index < -0.39 is 5.82 Å². The number of nitrogens with zero attached hydrogens (tertiary/aromatic N) is 1. The number of benzene rings is 1. The van der Waals surface area contributed by atoms with Crippen LogP contribution < -0.4 is 10.6 Å². The zero-order valence-electron chi connectivity index (χ0n) is 13.0. The fraction of sp³-hybridized carbons (Fsp3) is 0.353. The topological polar surface area (TPSA) is 71.1 Å². The number of thiazole rings is 1. The summed E-state index contributed by atoms with van der Waals surface area (Å²) in [6, 6.07) is 5.57. The van der Waals surface area contributed by atoms with E-state index in [0.717, 1.165) is 12.8 Å². The van der Waals surface area contributed by atoms with Crippen molar-refractivity contribution in [2.24, 2.45) is 0 Å². The van der Waals surface area contributed by atoms with E-state index in [2.05, 4.69) is 15.6 Å². The summed E-state index contributed by atoms with van der Waals surface area (Å²) in [5.41, 5.74) is 0.983. The number of carbonyl (C=O) groups excluding carboxylic acids is 2. The van der Waals surface area contributed by atoms with Crippen LogP contribution in [0, 0.1) is 5.82 Å². The van der Waals surface area contributed by atoms with Gasteiger partial charge in [-0.25, -0.2) is 9.37 Å². The highest BCUT2D eigenvalue weighted by molar-refractivity contribution is 7.14. The van der Waals surface area contributed by atoms with Gasteiger partial charge in [0, 0.05) is 17.0 Å². The van der Waals surface area contributed by atoms with Crippen molar-refractivity contribution in [1.82, 2.24) is 10.3 Å². The quantitative estimate of drug-likeness (QED) is 0.873. The van der Waals surface area contributed by atoms with Crippen molar-refractivity contribution < 1.29 is 14.0 Å². The maximum absolute atomic E-state index is 12.9. The highest BCUT2D eigenvalue weighted by Gasteiger charge is 2.18. The third-order valence-corrected chi connectivity index (χ3v) is 4.75. The molecular weight excluding hydrogens is 329 g/mol. The molecule has 0 atom stereocenters. The summed E-state index contributed by atoms with van der Waals surface area (Å²) >= 11 is 1.26. The molecule has 2 N–H and O–H groups in total. The number of hydrogen-bond donors (Lipinski definition) is 2. The molecule has 2 amide bonds. The minimum absolute atomic E-state index is 0.0383. The Bertz CT molecular complexity index is 724. The van der Waals surface area contributed by atoms with E-state index in [4.69, 9.17) is 0 Å². The minimum Gasteiger partial charge on any atom is -0.353 e. The van der Waals surface area contributed by atoms with E-state index in [1.807, 2.05) is 0 Å². The van der Waals surface area contributed by atoms with Gasteiger partial charge >= 0.3 is 0 Å². The number of halogens is 1. The summed E-state index contributed by atoms with van der Waals surface area (Å²) in [4.78, 5) is 28.3. The summed E-state index contributed by atoms with van der Waals surface area (Å²) in [6.07, 6.45) is 4.63. The summed E-state index contributed by atoms with van der Waals surface area (Å²) < 4.78 is 12.9. The molecule has 3 rings (SSSR count). The Labute approximate surface area is 143 Å². The molecule has 24 heavy (non-hydrogen) atoms. The average Bonchev–Trinajstić information content (AvgIpc) is 3.20. The van der Waals surface area contributed by atoms with E-state index in [1.54, 1.807) is 5.38 Å². The van der Waals surface area contributed by atoms with Crippen LogP contribution in [0.25, 0.3) is 0 Å². The van der Waals surface area contributed by atoms with Crippen molar-refractivity contribution in [2.45, 2.75) is 38.1 Å². The lowest BCUT2D eigenvalue weighted by Crippen LogP contribution is -2.33. The molecule has 0 saturated heterocycles. The Balaban J connectivity index is 1.54. The second kappa shape index (κ2) is 7.53. The molecule has 0 unspecified atom stereocenters. The summed E-state index contributed by atoms with van der Waals surface area (Å²) in [5.74, 6) is -0.786. The van der Waals surface area contributed by atoms with Crippen LogP contribution in [0.4, 0.5) is 9.52 Å². The number of nitrogens with one attached hydrogen (secondary N) is 2. The fourth-order valence-corrected chi connectivity index (χ4v) is 3.43. The van der Waals surface area contributed by atoms with Gasteiger partial charge in [-0.2, -0.15) is 0 Å². The molecule has 0 spiro atoms. The first-order chi connectivity index (χ1) is 11.6. The van der Waals surface area contributed by atoms with Gasteiger partial charge in [-0.1, -0.05) is 12.8 Å². The van der Waals surface area contributed by atoms with Crippen molar-refractivity contribution in [3.8, 4) is 0 Å². The standard InChI is InChI=1S/C17H18FN3O2S/c18-12-7-5-11(6-8-12)16(23)21-17-20-14(10-24-17)9-15(22)19-13-3-1-2-4-13/h5-8,10,13H,1-4,9H2,(H,19,22)(H,20,21,23). The second-order valence-corrected chi connectivity index (χ2v) is 6.69. The van der Waals surface area contributed by atoms with E-state index in [0.29, 0.717) is 16.4 Å². The average molecular weight is 347 g/mol. The van der Waals surface area contributed by atoms with Crippen molar-refractivity contribution in [3.05, 3.63) is 46.7 Å². The highest BCUT2D eigenvalue weighted by Crippen LogP contribution is 2.19. The summed E-state index contributed by atoms with van der Waals surface area (Å²) in [6.45, 7) is 0. The minimum atomic E-state index is -0.392. The molecule has 1 fully saturated rings. The monoisotopic (exact) mass is 347 g/mol. The molecule has 1 heterocycles. The van der Waals surface area contributed by atoms with Crippen LogP contribution in [0.3, 0.4) is 0 Å². The number of carbonyl (C=O) groups is 2. The van der Waals surface area contributed by atoms with Crippen LogP contribution in [-0.2, 0) is 11.2 Å². The molecule has 0 radical (unpaired) electrons. The van der Waals surface area contributed by atoms with E-state index in [9.17, 15) is 14.0 Å². The second-order valence-electron chi connectivity index (χ2n) is 5.83. The number of amides is 2. The number of rotatable bonds is 5. The maximum Gasteiger partial charge on any atom is 0.257 e. The zero-order valence-corrected chi connectivity index (χ0v) is 13.9. The van der Waals surface area contributed by atoms with Crippen molar-refractivity contribution in [1.29, 1.82) is 0 Å². The largest absolute Gasteiger partial charge is 0.353 e. The first-order valence-electron chi connectivity index (χ1n) is 7.91. The fourth-order valence-electron chi connectivity index (χ4n) is 2.73. The molecule has 126 valence electrons. The molecule has 1 aliphatic carbocycles. The molecule has 0 bridgehead atoms. The van der Waals surface area contributed by atoms with Gasteiger partial charge in [-0.15, -0.1) is 11.3 Å². The third kappa shape index (κ3) is 4.38. The number of hydrogen-bond acceptors (Lipinski definition) is 4. The molecule has 5 nitrogen and oxygen atoms in total. The lowest BCUT2D eigenvalue weighted by Gasteiger charge is -2.10. The predicted octanol–water partition coefficient (Wildman–Crippen LogP) is 3.14. The first kappa shape index (κ1) is 16.6. The lowest BCUT2D eigenvalue weighted by atomic mass is 10.2. The van der Waals surface area contributed by atoms with Gasteiger partial charge in [0.1, 0.15) is 5.82 Å². The summed E-state index contributed by atoms with van der Waals surface area (Å²) in [5, 5.41) is 7.85. The molecule has 0 aliphatic heterocycles. The molecule has 7 heteroatoms. The molecule has 1 aromatic carbocycles. The maximum atomic E-state index is 12.9. The van der Waals surface area contributed by atoms with Crippen molar-refractivity contribution in [2.75, 3.05) is 5.32 Å². The number of anilines is 1. The van der Waals surface area contributed by atoms with E-state index >= 15 is 0 Å². The van der Waals surface area contributed by atoms with Crippen molar-refractivity contribution in [3.63, 3.8) is 0 Å². The van der Waals surface area contributed by atoms with Gasteiger partial charge in [-0.3, -0.25) is 14.9 Å². The smallest absolute Gasteiger partial charge is 0.257 e. The van der Waals surface area contributed by atoms with Gasteiger partial charge in [0.25, 0.3) is 5.91 Å². The zero-order chi connectivity index (χ0) is 16.9. The Morgan fingerprint density at radius 1 is 1.21 bits per heavy atom. The van der Waals surface area contributed by atoms with Crippen LogP contribution in [0.5, 0.6) is 0 Å². The Kier molecular flexibility index (Phi) is 5.20. The van der Waals surface area contributed by atoms with Crippen LogP contribution in [0.2, 0.25) is 0 Å². The van der Waals surface area contributed by atoms with E-state index in [-0.39, 0.29) is 24.3 Å². The van der Waals surface area contributed by atoms with Crippen LogP contribution in [0.15, 0.2) is 29.6 Å². The van der Waals surface area contributed by atoms with Crippen LogP contribution >= 0.6 is 11.3 Å². The SMILES string of the molecule is O=C(Cc1csc(NC(=O)c2ccc(F)cc2)n1)NC1CCCC1. The molecule has 2 aromatic rings. The number of aromatic nitrogens is 1. The highest BCUT2D eigenvalue weighted by atomic mass is 32.1. The summed E-state index contributed by atoms with van der Waals surface area (Å²) in [7, 11) is 0. The first-order valence-corrected chi connectivity index (χ1v) is 8.79. The predicted molar refractivity (Wildman–Crippen MR) is 90.6 cm³/mol. The van der Waals surface area contributed by atoms with Gasteiger partial charge in [-0.05, 0) is 37.1 Å². The van der Waals surface area contributed by atoms with Crippen LogP contribution in [-0.4, -0.2) is 22.8 Å². The van der Waals surface area contributed by atoms with Crippen molar-refractivity contribution >= 4 is 28.3 Å². The molecule has 1 saturated carbocycles. The Hall–Kier alpha value is -2.28. The Morgan fingerprint density at radius 3 is 2.62 bits per heavy atom. The van der Waals surface area contributed by atoms with E-state index in [1.165, 1.54) is 48.4 Å².